The molecular formula is C21H12Cl2N4O2. The van der Waals surface area contributed by atoms with Crippen molar-refractivity contribution in [3.8, 4) is 17.4 Å². The van der Waals surface area contributed by atoms with Gasteiger partial charge in [-0.15, -0.1) is 0 Å². The van der Waals surface area contributed by atoms with E-state index in [4.69, 9.17) is 27.6 Å². The molecule has 142 valence electrons. The Bertz CT molecular complexity index is 1470. The Labute approximate surface area is 174 Å². The van der Waals surface area contributed by atoms with Gasteiger partial charge in [-0.25, -0.2) is 19.4 Å². The quantitative estimate of drug-likeness (QED) is 0.365. The van der Waals surface area contributed by atoms with Crippen LogP contribution in [0.25, 0.3) is 39.1 Å². The number of benzene rings is 2. The summed E-state index contributed by atoms with van der Waals surface area (Å²) < 4.78 is 7.04. The molecule has 0 saturated carbocycles. The highest BCUT2D eigenvalue weighted by Crippen LogP contribution is 2.32. The first-order valence-electron chi connectivity index (χ1n) is 8.73. The Morgan fingerprint density at radius 2 is 1.86 bits per heavy atom. The summed E-state index contributed by atoms with van der Waals surface area (Å²) in [7, 11) is 0. The SMILES string of the molecule is Cc1cc(-c2nc3c(Cl)c4ccccc4cc3c(=O)o2)n(-c2ncccc2Cl)n1. The van der Waals surface area contributed by atoms with Crippen molar-refractivity contribution in [3.05, 3.63) is 80.9 Å². The zero-order valence-electron chi connectivity index (χ0n) is 15.1. The fourth-order valence-corrected chi connectivity index (χ4v) is 3.80. The zero-order valence-corrected chi connectivity index (χ0v) is 16.6. The number of halogens is 2. The van der Waals surface area contributed by atoms with E-state index in [9.17, 15) is 4.79 Å². The minimum absolute atomic E-state index is 0.0852. The number of aromatic nitrogens is 4. The lowest BCUT2D eigenvalue weighted by molar-refractivity contribution is 0.513. The largest absolute Gasteiger partial charge is 0.401 e. The highest BCUT2D eigenvalue weighted by atomic mass is 35.5. The van der Waals surface area contributed by atoms with Gasteiger partial charge in [-0.3, -0.25) is 0 Å². The third-order valence-corrected chi connectivity index (χ3v) is 5.25. The first-order valence-corrected chi connectivity index (χ1v) is 9.48. The molecule has 0 fully saturated rings. The van der Waals surface area contributed by atoms with E-state index in [2.05, 4.69) is 15.1 Å². The molecule has 0 bridgehead atoms. The minimum Gasteiger partial charge on any atom is -0.401 e. The van der Waals surface area contributed by atoms with Gasteiger partial charge in [0.05, 0.1) is 21.1 Å². The van der Waals surface area contributed by atoms with Crippen LogP contribution in [0.4, 0.5) is 0 Å². The van der Waals surface area contributed by atoms with E-state index in [0.29, 0.717) is 38.2 Å². The minimum atomic E-state index is -0.532. The van der Waals surface area contributed by atoms with Crippen molar-refractivity contribution in [2.45, 2.75) is 6.92 Å². The summed E-state index contributed by atoms with van der Waals surface area (Å²) >= 11 is 12.9. The van der Waals surface area contributed by atoms with Crippen LogP contribution < -0.4 is 5.63 Å². The van der Waals surface area contributed by atoms with E-state index in [1.807, 2.05) is 31.2 Å². The lowest BCUT2D eigenvalue weighted by atomic mass is 10.1. The standard InChI is InChI=1S/C21H12Cl2N4O2/c1-11-9-16(27(26-11)19-15(22)7-4-8-24-19)20-25-18-14(21(28)29-20)10-12-5-2-3-6-13(12)17(18)23/h2-10H,1H3. The van der Waals surface area contributed by atoms with Gasteiger partial charge in [0.1, 0.15) is 11.2 Å². The summed E-state index contributed by atoms with van der Waals surface area (Å²) in [5.41, 5.74) is 0.978. The van der Waals surface area contributed by atoms with Gasteiger partial charge >= 0.3 is 5.63 Å². The molecule has 0 amide bonds. The summed E-state index contributed by atoms with van der Waals surface area (Å²) in [6.45, 7) is 1.82. The van der Waals surface area contributed by atoms with Gasteiger partial charge in [-0.2, -0.15) is 5.10 Å². The average Bonchev–Trinajstić information content (AvgIpc) is 3.11. The van der Waals surface area contributed by atoms with Gasteiger partial charge in [0.15, 0.2) is 5.82 Å². The first kappa shape index (κ1) is 17.8. The molecular weight excluding hydrogens is 411 g/mol. The lowest BCUT2D eigenvalue weighted by Gasteiger charge is -2.08. The maximum Gasteiger partial charge on any atom is 0.347 e. The van der Waals surface area contributed by atoms with Crippen LogP contribution in [0.1, 0.15) is 5.69 Å². The third-order valence-electron chi connectivity index (χ3n) is 4.57. The molecule has 0 atom stereocenters. The molecule has 0 aliphatic carbocycles. The summed E-state index contributed by atoms with van der Waals surface area (Å²) in [6.07, 6.45) is 1.61. The van der Waals surface area contributed by atoms with E-state index >= 15 is 0 Å². The normalized spacial score (nSPS) is 11.4. The topological polar surface area (TPSA) is 73.8 Å². The average molecular weight is 423 g/mol. The molecule has 0 unspecified atom stereocenters. The summed E-state index contributed by atoms with van der Waals surface area (Å²) in [6, 6.07) is 14.4. The number of aryl methyl sites for hydroxylation is 1. The van der Waals surface area contributed by atoms with E-state index in [0.717, 1.165) is 10.8 Å². The molecule has 0 radical (unpaired) electrons. The van der Waals surface area contributed by atoms with Crippen LogP contribution in [0.5, 0.6) is 0 Å². The van der Waals surface area contributed by atoms with E-state index < -0.39 is 5.63 Å². The number of pyridine rings is 1. The maximum absolute atomic E-state index is 12.8. The molecule has 0 spiro atoms. The van der Waals surface area contributed by atoms with Crippen molar-refractivity contribution in [1.82, 2.24) is 19.7 Å². The van der Waals surface area contributed by atoms with E-state index in [-0.39, 0.29) is 5.89 Å². The molecule has 3 aromatic heterocycles. The van der Waals surface area contributed by atoms with E-state index in [1.54, 1.807) is 30.5 Å². The lowest BCUT2D eigenvalue weighted by Crippen LogP contribution is -2.07. The number of fused-ring (bicyclic) bond motifs is 2. The van der Waals surface area contributed by atoms with Crippen LogP contribution in [0.2, 0.25) is 10.0 Å². The predicted octanol–water partition coefficient (Wildman–Crippen LogP) is 5.20. The van der Waals surface area contributed by atoms with Gasteiger partial charge in [0, 0.05) is 11.6 Å². The molecule has 2 aromatic carbocycles. The zero-order chi connectivity index (χ0) is 20.1. The smallest absolute Gasteiger partial charge is 0.347 e. The van der Waals surface area contributed by atoms with Crippen molar-refractivity contribution < 1.29 is 4.42 Å². The Morgan fingerprint density at radius 1 is 1.03 bits per heavy atom. The Hall–Kier alpha value is -3.22. The van der Waals surface area contributed by atoms with Crippen molar-refractivity contribution in [1.29, 1.82) is 0 Å². The van der Waals surface area contributed by atoms with Gasteiger partial charge < -0.3 is 4.42 Å². The van der Waals surface area contributed by atoms with Gasteiger partial charge in [-0.05, 0) is 36.6 Å². The predicted molar refractivity (Wildman–Crippen MR) is 113 cm³/mol. The van der Waals surface area contributed by atoms with Crippen molar-refractivity contribution in [2.24, 2.45) is 0 Å². The fraction of sp³-hybridized carbons (Fsp3) is 0.0476. The number of rotatable bonds is 2. The Kier molecular flexibility index (Phi) is 4.12. The number of hydrogen-bond donors (Lipinski definition) is 0. The molecule has 0 aliphatic heterocycles. The monoisotopic (exact) mass is 422 g/mol. The second-order valence-corrected chi connectivity index (χ2v) is 7.29. The molecule has 0 saturated heterocycles. The van der Waals surface area contributed by atoms with Crippen LogP contribution in [-0.4, -0.2) is 19.7 Å². The molecule has 0 N–H and O–H groups in total. The second kappa shape index (κ2) is 6.69. The van der Waals surface area contributed by atoms with Gasteiger partial charge in [-0.1, -0.05) is 47.5 Å². The Balaban J connectivity index is 1.81. The third kappa shape index (κ3) is 2.88. The fourth-order valence-electron chi connectivity index (χ4n) is 3.28. The summed E-state index contributed by atoms with van der Waals surface area (Å²) in [5.74, 6) is 0.494. The van der Waals surface area contributed by atoms with E-state index in [1.165, 1.54) is 4.68 Å². The van der Waals surface area contributed by atoms with Crippen molar-refractivity contribution in [2.75, 3.05) is 0 Å². The van der Waals surface area contributed by atoms with Crippen LogP contribution in [0, 0.1) is 6.92 Å². The molecule has 8 heteroatoms. The maximum atomic E-state index is 12.8. The highest BCUT2D eigenvalue weighted by Gasteiger charge is 2.19. The molecule has 3 heterocycles. The molecule has 5 rings (SSSR count). The number of nitrogens with zero attached hydrogens (tertiary/aromatic N) is 4. The molecule has 5 aromatic rings. The summed E-state index contributed by atoms with van der Waals surface area (Å²) in [4.78, 5) is 21.6. The van der Waals surface area contributed by atoms with Gasteiger partial charge in [0.2, 0.25) is 5.89 Å². The second-order valence-electron chi connectivity index (χ2n) is 6.51. The van der Waals surface area contributed by atoms with Crippen LogP contribution >= 0.6 is 23.2 Å². The van der Waals surface area contributed by atoms with Crippen LogP contribution in [0.3, 0.4) is 0 Å². The molecule has 6 nitrogen and oxygen atoms in total. The van der Waals surface area contributed by atoms with Crippen molar-refractivity contribution in [3.63, 3.8) is 0 Å². The van der Waals surface area contributed by atoms with Gasteiger partial charge in [0.25, 0.3) is 0 Å². The highest BCUT2D eigenvalue weighted by molar-refractivity contribution is 6.40. The number of hydrogen-bond acceptors (Lipinski definition) is 5. The summed E-state index contributed by atoms with van der Waals surface area (Å²) in [5, 5.41) is 7.20. The molecule has 29 heavy (non-hydrogen) atoms. The molecule has 0 aliphatic rings. The van der Waals surface area contributed by atoms with Crippen LogP contribution in [-0.2, 0) is 0 Å². The van der Waals surface area contributed by atoms with Crippen LogP contribution in [0.15, 0.2) is 63.9 Å². The Morgan fingerprint density at radius 3 is 2.69 bits per heavy atom. The first-order chi connectivity index (χ1) is 14.0. The van der Waals surface area contributed by atoms with Crippen molar-refractivity contribution >= 4 is 44.9 Å².